The lowest BCUT2D eigenvalue weighted by Crippen LogP contribution is -2.46. The van der Waals surface area contributed by atoms with Gasteiger partial charge in [0, 0.05) is 22.5 Å². The molecule has 1 saturated heterocycles. The van der Waals surface area contributed by atoms with Crippen LogP contribution in [0.3, 0.4) is 0 Å². The summed E-state index contributed by atoms with van der Waals surface area (Å²) in [5, 5.41) is 3.91. The summed E-state index contributed by atoms with van der Waals surface area (Å²) < 4.78 is 21.6. The molecule has 2 fully saturated rings. The third-order valence-corrected chi connectivity index (χ3v) is 5.79. The van der Waals surface area contributed by atoms with Crippen LogP contribution in [-0.2, 0) is 5.67 Å². The van der Waals surface area contributed by atoms with Crippen molar-refractivity contribution in [3.8, 4) is 0 Å². The highest BCUT2D eigenvalue weighted by Gasteiger charge is 2.44. The summed E-state index contributed by atoms with van der Waals surface area (Å²) in [5.74, 6) is 0.755. The van der Waals surface area contributed by atoms with E-state index < -0.39 is 5.67 Å². The Morgan fingerprint density at radius 2 is 2.24 bits per heavy atom. The first-order valence-corrected chi connectivity index (χ1v) is 9.34. The van der Waals surface area contributed by atoms with Crippen LogP contribution < -0.4 is 0 Å². The Labute approximate surface area is 153 Å². The molecule has 2 aliphatic rings. The topological polar surface area (TPSA) is 59.2 Å². The molecule has 1 aliphatic carbocycles. The van der Waals surface area contributed by atoms with Crippen LogP contribution in [0, 0.1) is 6.92 Å². The minimum Gasteiger partial charge on any atom is -0.336 e. The van der Waals surface area contributed by atoms with Gasteiger partial charge >= 0.3 is 0 Å². The number of alkyl halides is 1. The van der Waals surface area contributed by atoms with E-state index in [4.69, 9.17) is 4.52 Å². The Balaban J connectivity index is 1.54. The maximum atomic E-state index is 15.5. The van der Waals surface area contributed by atoms with E-state index in [0.29, 0.717) is 36.7 Å². The van der Waals surface area contributed by atoms with Crippen LogP contribution in [0.4, 0.5) is 4.39 Å². The van der Waals surface area contributed by atoms with Crippen molar-refractivity contribution in [3.05, 3.63) is 45.5 Å². The van der Waals surface area contributed by atoms with Crippen molar-refractivity contribution < 1.29 is 13.7 Å². The fourth-order valence-electron chi connectivity index (χ4n) is 3.24. The van der Waals surface area contributed by atoms with Crippen LogP contribution in [0.5, 0.6) is 0 Å². The summed E-state index contributed by atoms with van der Waals surface area (Å²) >= 11 is 3.43. The van der Waals surface area contributed by atoms with Crippen molar-refractivity contribution in [2.24, 2.45) is 0 Å². The number of amides is 1. The Hall–Kier alpha value is -1.76. The molecule has 0 N–H and O–H groups in total. The number of carbonyl (C=O) groups excluding carboxylic acids is 1. The summed E-state index contributed by atoms with van der Waals surface area (Å²) in [4.78, 5) is 18.6. The van der Waals surface area contributed by atoms with E-state index in [1.807, 2.05) is 19.1 Å². The zero-order valence-corrected chi connectivity index (χ0v) is 15.6. The third-order valence-electron chi connectivity index (χ3n) is 4.90. The van der Waals surface area contributed by atoms with Crippen molar-refractivity contribution in [1.29, 1.82) is 0 Å². The van der Waals surface area contributed by atoms with Crippen molar-refractivity contribution in [1.82, 2.24) is 15.0 Å². The molecule has 0 bridgehead atoms. The molecular formula is C18H19BrFN3O2. The summed E-state index contributed by atoms with van der Waals surface area (Å²) in [6.45, 7) is 2.41. The first kappa shape index (κ1) is 16.7. The second-order valence-electron chi connectivity index (χ2n) is 6.99. The Kier molecular flexibility index (Phi) is 4.14. The molecule has 1 unspecified atom stereocenters. The summed E-state index contributed by atoms with van der Waals surface area (Å²) in [6, 6.07) is 5.42. The van der Waals surface area contributed by atoms with E-state index in [1.54, 1.807) is 11.0 Å². The lowest BCUT2D eigenvalue weighted by Gasteiger charge is -2.35. The van der Waals surface area contributed by atoms with Crippen LogP contribution in [0.2, 0.25) is 0 Å². The van der Waals surface area contributed by atoms with E-state index in [9.17, 15) is 4.79 Å². The van der Waals surface area contributed by atoms with Gasteiger partial charge in [-0.25, -0.2) is 4.39 Å². The highest BCUT2D eigenvalue weighted by atomic mass is 79.9. The van der Waals surface area contributed by atoms with Gasteiger partial charge < -0.3 is 9.42 Å². The molecule has 1 amide bonds. The molecule has 4 rings (SSSR count). The molecule has 1 saturated carbocycles. The number of nitrogens with zero attached hydrogens (tertiary/aromatic N) is 3. The molecule has 7 heteroatoms. The number of hydrogen-bond donors (Lipinski definition) is 0. The molecule has 0 spiro atoms. The number of halogens is 2. The predicted octanol–water partition coefficient (Wildman–Crippen LogP) is 4.12. The summed E-state index contributed by atoms with van der Waals surface area (Å²) in [5.41, 5.74) is -0.229. The van der Waals surface area contributed by atoms with E-state index in [2.05, 4.69) is 26.1 Å². The van der Waals surface area contributed by atoms with Gasteiger partial charge in [-0.05, 0) is 56.4 Å². The zero-order chi connectivity index (χ0) is 17.6. The van der Waals surface area contributed by atoms with Gasteiger partial charge in [0.1, 0.15) is 0 Å². The van der Waals surface area contributed by atoms with Crippen LogP contribution >= 0.6 is 15.9 Å². The van der Waals surface area contributed by atoms with E-state index in [0.717, 1.165) is 22.9 Å². The Morgan fingerprint density at radius 3 is 2.96 bits per heavy atom. The monoisotopic (exact) mass is 407 g/mol. The fourth-order valence-corrected chi connectivity index (χ4v) is 3.49. The lowest BCUT2D eigenvalue weighted by molar-refractivity contribution is 0.0152. The highest BCUT2D eigenvalue weighted by Crippen LogP contribution is 2.41. The standard InChI is InChI=1S/C18H19BrFN3O2/c1-11-9-13(5-6-14(11)19)16(24)23-8-2-7-18(20,10-23)17-21-15(22-25-17)12-3-4-12/h5-6,9,12H,2-4,7-8,10H2,1H3. The smallest absolute Gasteiger partial charge is 0.266 e. The molecule has 1 aliphatic heterocycles. The number of hydrogen-bond acceptors (Lipinski definition) is 4. The second kappa shape index (κ2) is 6.20. The number of rotatable bonds is 3. The first-order valence-electron chi connectivity index (χ1n) is 8.55. The number of aromatic nitrogens is 2. The van der Waals surface area contributed by atoms with E-state index >= 15 is 4.39 Å². The summed E-state index contributed by atoms with van der Waals surface area (Å²) in [7, 11) is 0. The zero-order valence-electron chi connectivity index (χ0n) is 14.0. The largest absolute Gasteiger partial charge is 0.336 e. The maximum absolute atomic E-state index is 15.5. The molecule has 2 heterocycles. The average molecular weight is 408 g/mol. The van der Waals surface area contributed by atoms with Crippen molar-refractivity contribution in [2.75, 3.05) is 13.1 Å². The van der Waals surface area contributed by atoms with Crippen molar-refractivity contribution in [2.45, 2.75) is 44.2 Å². The third kappa shape index (κ3) is 3.21. The lowest BCUT2D eigenvalue weighted by atomic mass is 9.94. The maximum Gasteiger partial charge on any atom is 0.266 e. The van der Waals surface area contributed by atoms with Gasteiger partial charge in [0.2, 0.25) is 5.67 Å². The second-order valence-corrected chi connectivity index (χ2v) is 7.85. The normalized spacial score (nSPS) is 23.7. The molecule has 2 aromatic rings. The molecule has 1 aromatic heterocycles. The number of aryl methyl sites for hydroxylation is 1. The van der Waals surface area contributed by atoms with Crippen LogP contribution in [-0.4, -0.2) is 34.0 Å². The molecule has 5 nitrogen and oxygen atoms in total. The molecule has 1 aromatic carbocycles. The van der Waals surface area contributed by atoms with Gasteiger partial charge in [0.05, 0.1) is 6.54 Å². The number of piperidine rings is 1. The van der Waals surface area contributed by atoms with E-state index in [1.165, 1.54) is 0 Å². The quantitative estimate of drug-likeness (QED) is 0.767. The fraction of sp³-hybridized carbons (Fsp3) is 0.500. The average Bonchev–Trinajstić information content (AvgIpc) is 3.33. The molecule has 132 valence electrons. The van der Waals surface area contributed by atoms with Gasteiger partial charge in [0.15, 0.2) is 5.82 Å². The SMILES string of the molecule is Cc1cc(C(=O)N2CCCC(F)(c3nc(C4CC4)no3)C2)ccc1Br. The van der Waals surface area contributed by atoms with Gasteiger partial charge in [-0.2, -0.15) is 4.98 Å². The molecular weight excluding hydrogens is 389 g/mol. The molecule has 0 radical (unpaired) electrons. The Morgan fingerprint density at radius 1 is 1.44 bits per heavy atom. The molecule has 1 atom stereocenters. The van der Waals surface area contributed by atoms with Gasteiger partial charge in [-0.15, -0.1) is 0 Å². The van der Waals surface area contributed by atoms with Gasteiger partial charge in [-0.1, -0.05) is 21.1 Å². The van der Waals surface area contributed by atoms with Gasteiger partial charge in [-0.3, -0.25) is 4.79 Å². The van der Waals surface area contributed by atoms with Crippen LogP contribution in [0.1, 0.15) is 59.2 Å². The minimum absolute atomic E-state index is 0.0129. The number of benzene rings is 1. The predicted molar refractivity (Wildman–Crippen MR) is 93.1 cm³/mol. The van der Waals surface area contributed by atoms with Crippen LogP contribution in [0.15, 0.2) is 27.2 Å². The van der Waals surface area contributed by atoms with Crippen molar-refractivity contribution >= 4 is 21.8 Å². The Bertz CT molecular complexity index is 820. The molecule has 25 heavy (non-hydrogen) atoms. The first-order chi connectivity index (χ1) is 12.0. The van der Waals surface area contributed by atoms with Crippen molar-refractivity contribution in [3.63, 3.8) is 0 Å². The highest BCUT2D eigenvalue weighted by molar-refractivity contribution is 9.10. The van der Waals surface area contributed by atoms with Crippen LogP contribution in [0.25, 0.3) is 0 Å². The number of likely N-dealkylation sites (tertiary alicyclic amines) is 1. The minimum atomic E-state index is -1.77. The summed E-state index contributed by atoms with van der Waals surface area (Å²) in [6.07, 6.45) is 2.93. The number of carbonyl (C=O) groups is 1. The van der Waals surface area contributed by atoms with E-state index in [-0.39, 0.29) is 18.3 Å². The van der Waals surface area contributed by atoms with Gasteiger partial charge in [0.25, 0.3) is 11.8 Å².